The summed E-state index contributed by atoms with van der Waals surface area (Å²) < 4.78 is 30.3. The SMILES string of the molecule is COC(=O)COc1cc(Br)c(/C=C2\SC(=S)N(c3ccccc3F)C2=O)cc1OC. The molecule has 0 spiro atoms. The average molecular weight is 512 g/mol. The monoisotopic (exact) mass is 511 g/mol. The number of halogens is 2. The number of methoxy groups -OCH3 is 2. The van der Waals surface area contributed by atoms with Crippen molar-refractivity contribution in [3.8, 4) is 11.5 Å². The number of hydrogen-bond acceptors (Lipinski definition) is 7. The van der Waals surface area contributed by atoms with E-state index < -0.39 is 17.7 Å². The van der Waals surface area contributed by atoms with Gasteiger partial charge in [-0.2, -0.15) is 0 Å². The first-order chi connectivity index (χ1) is 14.3. The van der Waals surface area contributed by atoms with Crippen molar-refractivity contribution in [2.75, 3.05) is 25.7 Å². The van der Waals surface area contributed by atoms with Crippen molar-refractivity contribution in [2.45, 2.75) is 0 Å². The van der Waals surface area contributed by atoms with Crippen LogP contribution in [0.2, 0.25) is 0 Å². The number of anilines is 1. The molecule has 0 aromatic heterocycles. The van der Waals surface area contributed by atoms with E-state index in [4.69, 9.17) is 21.7 Å². The molecule has 6 nitrogen and oxygen atoms in total. The summed E-state index contributed by atoms with van der Waals surface area (Å²) in [4.78, 5) is 25.7. The molecule has 1 amide bonds. The lowest BCUT2D eigenvalue weighted by Crippen LogP contribution is -2.28. The predicted molar refractivity (Wildman–Crippen MR) is 120 cm³/mol. The molecule has 1 saturated heterocycles. The molecule has 1 heterocycles. The van der Waals surface area contributed by atoms with Crippen molar-refractivity contribution >= 4 is 67.9 Å². The van der Waals surface area contributed by atoms with Crippen LogP contribution in [0.4, 0.5) is 10.1 Å². The van der Waals surface area contributed by atoms with Gasteiger partial charge in [-0.05, 0) is 35.9 Å². The first kappa shape index (κ1) is 22.3. The number of esters is 1. The normalized spacial score (nSPS) is 14.9. The van der Waals surface area contributed by atoms with Crippen LogP contribution in [0.25, 0.3) is 6.08 Å². The molecule has 3 rings (SSSR count). The molecule has 0 N–H and O–H groups in total. The molecule has 30 heavy (non-hydrogen) atoms. The fraction of sp³-hybridized carbons (Fsp3) is 0.150. The van der Waals surface area contributed by atoms with Crippen LogP contribution in [-0.4, -0.2) is 37.0 Å². The van der Waals surface area contributed by atoms with Gasteiger partial charge >= 0.3 is 5.97 Å². The van der Waals surface area contributed by atoms with Crippen molar-refractivity contribution < 1.29 is 28.2 Å². The molecule has 1 fully saturated rings. The minimum Gasteiger partial charge on any atom is -0.493 e. The highest BCUT2D eigenvalue weighted by Gasteiger charge is 2.34. The van der Waals surface area contributed by atoms with Crippen molar-refractivity contribution in [3.05, 3.63) is 57.2 Å². The van der Waals surface area contributed by atoms with Gasteiger partial charge in [0.05, 0.1) is 24.8 Å². The molecule has 0 saturated carbocycles. The quantitative estimate of drug-likeness (QED) is 0.320. The van der Waals surface area contributed by atoms with Gasteiger partial charge in [0.25, 0.3) is 5.91 Å². The van der Waals surface area contributed by atoms with E-state index in [9.17, 15) is 14.0 Å². The Morgan fingerprint density at radius 1 is 1.27 bits per heavy atom. The number of rotatable bonds is 6. The Kier molecular flexibility index (Phi) is 7.11. The summed E-state index contributed by atoms with van der Waals surface area (Å²) in [5.74, 6) is -0.810. The summed E-state index contributed by atoms with van der Waals surface area (Å²) in [6.07, 6.45) is 1.62. The largest absolute Gasteiger partial charge is 0.493 e. The molecule has 0 unspecified atom stereocenters. The van der Waals surface area contributed by atoms with E-state index in [1.165, 1.54) is 31.3 Å². The van der Waals surface area contributed by atoms with E-state index >= 15 is 0 Å². The first-order valence-electron chi connectivity index (χ1n) is 8.45. The number of para-hydroxylation sites is 1. The molecule has 0 radical (unpaired) electrons. The number of benzene rings is 2. The average Bonchev–Trinajstić information content (AvgIpc) is 3.01. The van der Waals surface area contributed by atoms with Crippen molar-refractivity contribution in [1.82, 2.24) is 0 Å². The second-order valence-electron chi connectivity index (χ2n) is 5.86. The van der Waals surface area contributed by atoms with E-state index in [1.807, 2.05) is 0 Å². The topological polar surface area (TPSA) is 65.1 Å². The molecule has 1 aliphatic rings. The maximum absolute atomic E-state index is 14.2. The van der Waals surface area contributed by atoms with Crippen molar-refractivity contribution in [3.63, 3.8) is 0 Å². The third-order valence-corrected chi connectivity index (χ3v) is 6.02. The fourth-order valence-electron chi connectivity index (χ4n) is 2.58. The van der Waals surface area contributed by atoms with Crippen LogP contribution in [0, 0.1) is 5.82 Å². The minimum absolute atomic E-state index is 0.103. The van der Waals surface area contributed by atoms with E-state index in [0.29, 0.717) is 26.4 Å². The predicted octanol–water partition coefficient (Wildman–Crippen LogP) is 4.55. The van der Waals surface area contributed by atoms with Gasteiger partial charge in [0.2, 0.25) is 0 Å². The van der Waals surface area contributed by atoms with Gasteiger partial charge in [-0.3, -0.25) is 9.69 Å². The Labute approximate surface area is 190 Å². The molecule has 156 valence electrons. The maximum atomic E-state index is 14.2. The van der Waals surface area contributed by atoms with E-state index in [1.54, 1.807) is 30.3 Å². The van der Waals surface area contributed by atoms with Gasteiger partial charge in [0.1, 0.15) is 5.82 Å². The Hall–Kier alpha value is -2.43. The number of carbonyl (C=O) groups is 2. The van der Waals surface area contributed by atoms with Crippen LogP contribution in [0.15, 0.2) is 45.8 Å². The molecular formula is C20H15BrFNO5S2. The fourth-order valence-corrected chi connectivity index (χ4v) is 4.29. The van der Waals surface area contributed by atoms with Crippen molar-refractivity contribution in [1.29, 1.82) is 0 Å². The van der Waals surface area contributed by atoms with Gasteiger partial charge in [-0.1, -0.05) is 52.0 Å². The first-order valence-corrected chi connectivity index (χ1v) is 10.5. The summed E-state index contributed by atoms with van der Waals surface area (Å²) in [6.45, 7) is -0.278. The summed E-state index contributed by atoms with van der Waals surface area (Å²) >= 11 is 9.78. The summed E-state index contributed by atoms with van der Waals surface area (Å²) in [5.41, 5.74) is 0.720. The smallest absolute Gasteiger partial charge is 0.343 e. The molecule has 10 heteroatoms. The summed E-state index contributed by atoms with van der Waals surface area (Å²) in [6, 6.07) is 9.20. The number of hydrogen-bond donors (Lipinski definition) is 0. The number of ether oxygens (including phenoxy) is 3. The number of amides is 1. The van der Waals surface area contributed by atoms with Crippen LogP contribution in [0.3, 0.4) is 0 Å². The summed E-state index contributed by atoms with van der Waals surface area (Å²) in [5, 5.41) is 0. The van der Waals surface area contributed by atoms with Gasteiger partial charge in [-0.25, -0.2) is 9.18 Å². The Bertz CT molecular complexity index is 1060. The van der Waals surface area contributed by atoms with Crippen LogP contribution in [0.5, 0.6) is 11.5 Å². The zero-order chi connectivity index (χ0) is 21.8. The standard InChI is InChI=1S/C20H15BrFNO5S2/c1-26-15-7-11(12(21)9-16(15)28-10-18(24)27-2)8-17-19(25)23(20(29)30-17)14-6-4-3-5-13(14)22/h3-9H,10H2,1-2H3/b17-8-. The molecule has 2 aromatic rings. The zero-order valence-corrected chi connectivity index (χ0v) is 19.0. The third-order valence-electron chi connectivity index (χ3n) is 4.03. The number of carbonyl (C=O) groups excluding carboxylic acids is 2. The third kappa shape index (κ3) is 4.66. The molecule has 1 aliphatic heterocycles. The molecule has 2 aromatic carbocycles. The summed E-state index contributed by atoms with van der Waals surface area (Å²) in [7, 11) is 2.72. The second kappa shape index (κ2) is 9.59. The van der Waals surface area contributed by atoms with Gasteiger partial charge in [0.15, 0.2) is 22.4 Å². The van der Waals surface area contributed by atoms with Crippen LogP contribution < -0.4 is 14.4 Å². The number of thioether (sulfide) groups is 1. The molecule has 0 bridgehead atoms. The lowest BCUT2D eigenvalue weighted by Gasteiger charge is -2.15. The van der Waals surface area contributed by atoms with Gasteiger partial charge in [-0.15, -0.1) is 0 Å². The number of nitrogens with zero attached hydrogens (tertiary/aromatic N) is 1. The highest BCUT2D eigenvalue weighted by Crippen LogP contribution is 2.40. The molecule has 0 aliphatic carbocycles. The zero-order valence-electron chi connectivity index (χ0n) is 15.8. The van der Waals surface area contributed by atoms with Crippen LogP contribution >= 0.6 is 39.9 Å². The number of thiocarbonyl (C=S) groups is 1. The minimum atomic E-state index is -0.537. The molecule has 0 atom stereocenters. The second-order valence-corrected chi connectivity index (χ2v) is 8.39. The van der Waals surface area contributed by atoms with Crippen molar-refractivity contribution in [2.24, 2.45) is 0 Å². The van der Waals surface area contributed by atoms with E-state index in [0.717, 1.165) is 11.8 Å². The molecular weight excluding hydrogens is 497 g/mol. The maximum Gasteiger partial charge on any atom is 0.343 e. The lowest BCUT2D eigenvalue weighted by atomic mass is 10.1. The Morgan fingerprint density at radius 2 is 2.00 bits per heavy atom. The lowest BCUT2D eigenvalue weighted by molar-refractivity contribution is -0.142. The Morgan fingerprint density at radius 3 is 2.67 bits per heavy atom. The van der Waals surface area contributed by atoms with E-state index in [-0.39, 0.29) is 16.6 Å². The van der Waals surface area contributed by atoms with E-state index in [2.05, 4.69) is 20.7 Å². The van der Waals surface area contributed by atoms with Crippen LogP contribution in [0.1, 0.15) is 5.56 Å². The van der Waals surface area contributed by atoms with Crippen LogP contribution in [-0.2, 0) is 14.3 Å². The van der Waals surface area contributed by atoms with Gasteiger partial charge < -0.3 is 14.2 Å². The van der Waals surface area contributed by atoms with Gasteiger partial charge in [0, 0.05) is 4.47 Å². The highest BCUT2D eigenvalue weighted by molar-refractivity contribution is 9.10. The highest BCUT2D eigenvalue weighted by atomic mass is 79.9. The Balaban J connectivity index is 1.91.